The Hall–Kier alpha value is -1.90. The number of aryl methyl sites for hydroxylation is 4. The molecule has 0 aliphatic heterocycles. The van der Waals surface area contributed by atoms with E-state index in [2.05, 4.69) is 175 Å². The molecule has 72 heavy (non-hydrogen) atoms. The van der Waals surface area contributed by atoms with Gasteiger partial charge in [-0.1, -0.05) is 152 Å². The maximum atomic E-state index is 10.1. The Labute approximate surface area is 486 Å². The van der Waals surface area contributed by atoms with Crippen LogP contribution in [0.5, 0.6) is 0 Å². The number of carbonyl (C=O) groups is 1. The normalized spacial score (nSPS) is 11.8. The molecule has 2 atom stereocenters. The van der Waals surface area contributed by atoms with Gasteiger partial charge in [0.15, 0.2) is 0 Å². The molecule has 0 spiro atoms. The number of nitrogens with two attached hydrogens (primary N) is 1. The number of nitrogens with zero attached hydrogens (tertiary/aromatic N) is 2. The second kappa shape index (κ2) is 44.3. The number of halogens is 4. The summed E-state index contributed by atoms with van der Waals surface area (Å²) in [6, 6.07) is 46.8. The molecule has 6 rings (SSSR count). The van der Waals surface area contributed by atoms with E-state index in [1.807, 2.05) is 25.1 Å². The Morgan fingerprint density at radius 1 is 0.681 bits per heavy atom. The van der Waals surface area contributed by atoms with E-state index in [-0.39, 0.29) is 62.8 Å². The van der Waals surface area contributed by atoms with Crippen molar-refractivity contribution in [3.63, 3.8) is 0 Å². The van der Waals surface area contributed by atoms with E-state index in [0.717, 1.165) is 58.1 Å². The number of benzene rings is 6. The summed E-state index contributed by atoms with van der Waals surface area (Å²) in [6.45, 7) is 22.9. The summed E-state index contributed by atoms with van der Waals surface area (Å²) in [7, 11) is 1.42. The van der Waals surface area contributed by atoms with Gasteiger partial charge >= 0.3 is 162 Å². The van der Waals surface area contributed by atoms with Gasteiger partial charge in [-0.3, -0.25) is 4.99 Å². The fourth-order valence-corrected chi connectivity index (χ4v) is 31.5. The average molecular weight is 1470 g/mol. The second-order valence-corrected chi connectivity index (χ2v) is 33.8. The van der Waals surface area contributed by atoms with Crippen LogP contribution in [0.4, 0.5) is 0 Å². The minimum Gasteiger partial charge on any atom is -0.324 e. The van der Waals surface area contributed by atoms with Gasteiger partial charge in [0.1, 0.15) is 6.29 Å². The maximum Gasteiger partial charge on any atom is 0.205 e. The second-order valence-electron chi connectivity index (χ2n) is 16.3. The average Bonchev–Trinajstić information content (AvgIpc) is 3.35. The molecule has 398 valence electrons. The van der Waals surface area contributed by atoms with Crippen molar-refractivity contribution < 1.29 is 55.8 Å². The van der Waals surface area contributed by atoms with Crippen molar-refractivity contribution >= 4 is 96.0 Å². The van der Waals surface area contributed by atoms with E-state index in [1.54, 1.807) is 0 Å². The Bertz CT molecular complexity index is 2390. The van der Waals surface area contributed by atoms with Gasteiger partial charge in [0, 0.05) is 34.2 Å². The van der Waals surface area contributed by atoms with Crippen molar-refractivity contribution in [2.24, 2.45) is 10.7 Å². The summed E-state index contributed by atoms with van der Waals surface area (Å²) >= 11 is -5.87. The number of hydrogen-bond acceptors (Lipinski definition) is 7. The summed E-state index contributed by atoms with van der Waals surface area (Å²) in [5.74, 6) is 0. The van der Waals surface area contributed by atoms with E-state index < -0.39 is 61.9 Å². The molecule has 0 aromatic heterocycles. The number of fused-ring (bicyclic) bond motifs is 2. The van der Waals surface area contributed by atoms with Crippen LogP contribution in [0.25, 0.3) is 26.4 Å². The smallest absolute Gasteiger partial charge is 0.205 e. The van der Waals surface area contributed by atoms with Gasteiger partial charge in [-0.25, -0.2) is 6.57 Å². The molecule has 0 saturated heterocycles. The molecule has 3 N–H and O–H groups in total. The maximum absolute atomic E-state index is 10.1. The fourth-order valence-electron chi connectivity index (χ4n) is 6.70. The SMILES string of the molecule is C.CCC[I-]OI(CCC)OI(CCC)OI(O)CCC.C[C@@H](N)c1cccc2ccccc12.Cc1cccc(CCC=N[C@H](C)c2cccc3ccccc23)c1.Cc1cccc(CCC=O)c1.[C-]#[N+]C.[Ti]. The van der Waals surface area contributed by atoms with E-state index in [9.17, 15) is 8.23 Å². The van der Waals surface area contributed by atoms with E-state index in [0.29, 0.717) is 6.42 Å². The molecule has 0 aliphatic rings. The number of carbonyl (C=O) groups excluding carboxylic acids is 1. The summed E-state index contributed by atoms with van der Waals surface area (Å²) in [5, 5.41) is 5.11. The fraction of sp³-hybridized carbons (Fsp3) is 0.407. The first-order valence-electron chi connectivity index (χ1n) is 24.3. The van der Waals surface area contributed by atoms with Crippen molar-refractivity contribution in [3.8, 4) is 0 Å². The molecule has 0 radical (unpaired) electrons. The van der Waals surface area contributed by atoms with Gasteiger partial charge < -0.3 is 15.4 Å². The van der Waals surface area contributed by atoms with Gasteiger partial charge in [-0.15, -0.1) is 0 Å². The third-order valence-corrected chi connectivity index (χ3v) is 33.5. The molecule has 0 saturated carbocycles. The largest absolute Gasteiger partial charge is 0.324 e. The number of hydrogen-bond donors (Lipinski definition) is 2. The van der Waals surface area contributed by atoms with Crippen LogP contribution in [0.2, 0.25) is 0 Å². The van der Waals surface area contributed by atoms with Crippen molar-refractivity contribution in [1.82, 2.24) is 0 Å². The van der Waals surface area contributed by atoms with Gasteiger partial charge in [-0.2, -0.15) is 0 Å². The zero-order valence-electron chi connectivity index (χ0n) is 43.6. The first-order chi connectivity index (χ1) is 33.9. The first-order valence-corrected chi connectivity index (χ1v) is 36.6. The van der Waals surface area contributed by atoms with E-state index in [4.69, 9.17) is 21.5 Å². The monoisotopic (exact) mass is 1470 g/mol. The third-order valence-electron chi connectivity index (χ3n) is 9.87. The van der Waals surface area contributed by atoms with E-state index >= 15 is 0 Å². The van der Waals surface area contributed by atoms with Crippen LogP contribution in [0.3, 0.4) is 0 Å². The van der Waals surface area contributed by atoms with Gasteiger partial charge in [-0.05, 0) is 97.0 Å². The van der Waals surface area contributed by atoms with Crippen LogP contribution in [0.15, 0.2) is 138 Å². The van der Waals surface area contributed by atoms with Gasteiger partial charge in [0.25, 0.3) is 0 Å². The standard InChI is InChI=1S/C22H23N.C12H29I4O4.C12H13N.C10H12O.C2H3N.CH4.Ti/c1-17-8-5-9-19(16-17)10-7-15-23-18(2)21-14-6-12-20-11-3-4-13-22(20)21;1-5-9-13-18-15(11-7-3)20-16(12-8-4)19-14(17)10-6-2;1-9(13)11-8-4-6-10-5-2-3-7-12(10)11;1-9-4-2-5-10(8-9)6-3-7-11;1-3-2;;/h3-6,8-9,11-16,18H,7,10H2,1-2H3;17H,5-12H2,1-4H3;2-9H,13H2,1H3;2,4-5,7-8H,3,6H2,1H3;1H3;1H4;/q;-1;;;;;/t18-;;9-;;;;/m1.1..../s1. The Morgan fingerprint density at radius 2 is 1.15 bits per heavy atom. The van der Waals surface area contributed by atoms with Crippen LogP contribution in [0.1, 0.15) is 133 Å². The molecule has 13 heteroatoms. The van der Waals surface area contributed by atoms with Crippen molar-refractivity contribution in [1.29, 1.82) is 0 Å². The van der Waals surface area contributed by atoms with Crippen molar-refractivity contribution in [3.05, 3.63) is 178 Å². The number of aliphatic imine (C=N–C) groups is 1. The van der Waals surface area contributed by atoms with Crippen LogP contribution in [-0.2, 0) is 43.5 Å². The van der Waals surface area contributed by atoms with Crippen LogP contribution < -0.4 is 27.4 Å². The molecule has 0 heterocycles. The minimum atomic E-state index is -2.15. The van der Waals surface area contributed by atoms with Crippen LogP contribution >= 0.6 is 61.9 Å². The Morgan fingerprint density at radius 3 is 1.65 bits per heavy atom. The molecular formula is C59H84I4N3O5Ti-. The molecule has 8 nitrogen and oxygen atoms in total. The molecular weight excluding hydrogens is 1390 g/mol. The Kier molecular flexibility index (Phi) is 43.1. The molecule has 0 aliphatic carbocycles. The molecule has 6 aromatic carbocycles. The molecule has 6 aromatic rings. The minimum absolute atomic E-state index is 0. The molecule has 0 bridgehead atoms. The summed E-state index contributed by atoms with van der Waals surface area (Å²) in [6.07, 6.45) is 11.0. The predicted molar refractivity (Wildman–Crippen MR) is 330 cm³/mol. The van der Waals surface area contributed by atoms with Crippen molar-refractivity contribution in [2.45, 2.75) is 126 Å². The summed E-state index contributed by atoms with van der Waals surface area (Å²) in [4.78, 5) is 17.6. The zero-order valence-corrected chi connectivity index (χ0v) is 53.8. The van der Waals surface area contributed by atoms with Crippen LogP contribution in [-0.4, -0.2) is 40.7 Å². The number of rotatable bonds is 23. The Balaban J connectivity index is 0.000000939. The summed E-state index contributed by atoms with van der Waals surface area (Å²) < 4.78 is 32.5. The topological polar surface area (TPSA) is 108 Å². The quantitative estimate of drug-likeness (QED) is 0.0126. The summed E-state index contributed by atoms with van der Waals surface area (Å²) in [5.41, 5.74) is 13.6. The van der Waals surface area contributed by atoms with Gasteiger partial charge in [0.2, 0.25) is 7.05 Å². The van der Waals surface area contributed by atoms with Crippen molar-refractivity contribution in [2.75, 3.05) is 24.8 Å². The first kappa shape index (κ1) is 70.1. The molecule has 0 fully saturated rings. The molecule has 0 amide bonds. The van der Waals surface area contributed by atoms with Gasteiger partial charge in [0.05, 0.1) is 6.04 Å². The van der Waals surface area contributed by atoms with E-state index in [1.165, 1.54) is 72.8 Å². The number of aldehydes is 1. The predicted octanol–water partition coefficient (Wildman–Crippen LogP) is 14.7. The zero-order chi connectivity index (χ0) is 51.4. The third kappa shape index (κ3) is 30.0. The number of alkyl halides is 4. The van der Waals surface area contributed by atoms with Crippen LogP contribution in [0, 0.1) is 20.4 Å². The molecule has 0 unspecified atom stereocenters.